The standard InChI is InChI=1S/C16H24N2O/c1-16(2,8-9-17)12-18(3)10-13-11-19-15-7-5-4-6-14(13)15/h4-7,11H,8-10,12,17H2,1-3H3. The van der Waals surface area contributed by atoms with E-state index >= 15 is 0 Å². The van der Waals surface area contributed by atoms with Crippen molar-refractivity contribution in [2.75, 3.05) is 20.1 Å². The first-order valence-corrected chi connectivity index (χ1v) is 6.85. The van der Waals surface area contributed by atoms with Crippen LogP contribution in [0.5, 0.6) is 0 Å². The van der Waals surface area contributed by atoms with Gasteiger partial charge in [0.2, 0.25) is 0 Å². The molecule has 0 bridgehead atoms. The molecule has 0 spiro atoms. The summed E-state index contributed by atoms with van der Waals surface area (Å²) in [6, 6.07) is 8.19. The molecule has 1 heterocycles. The van der Waals surface area contributed by atoms with Crippen LogP contribution in [0.3, 0.4) is 0 Å². The number of nitrogens with zero attached hydrogens (tertiary/aromatic N) is 1. The molecule has 0 saturated heterocycles. The molecule has 0 amide bonds. The fraction of sp³-hybridized carbons (Fsp3) is 0.500. The minimum Gasteiger partial charge on any atom is -0.464 e. The Balaban J connectivity index is 2.04. The van der Waals surface area contributed by atoms with E-state index in [4.69, 9.17) is 10.2 Å². The zero-order valence-electron chi connectivity index (χ0n) is 12.1. The van der Waals surface area contributed by atoms with E-state index in [9.17, 15) is 0 Å². The number of nitrogens with two attached hydrogens (primary N) is 1. The number of para-hydroxylation sites is 1. The summed E-state index contributed by atoms with van der Waals surface area (Å²) in [7, 11) is 2.15. The molecule has 0 radical (unpaired) electrons. The van der Waals surface area contributed by atoms with Crippen LogP contribution >= 0.6 is 0 Å². The topological polar surface area (TPSA) is 42.4 Å². The summed E-state index contributed by atoms with van der Waals surface area (Å²) in [4.78, 5) is 2.34. The molecule has 3 nitrogen and oxygen atoms in total. The van der Waals surface area contributed by atoms with Gasteiger partial charge in [-0.15, -0.1) is 0 Å². The van der Waals surface area contributed by atoms with Gasteiger partial charge in [-0.05, 0) is 31.5 Å². The van der Waals surface area contributed by atoms with E-state index in [-0.39, 0.29) is 5.41 Å². The van der Waals surface area contributed by atoms with Crippen molar-refractivity contribution in [1.82, 2.24) is 4.90 Å². The van der Waals surface area contributed by atoms with E-state index in [0.717, 1.165) is 31.6 Å². The summed E-state index contributed by atoms with van der Waals surface area (Å²) >= 11 is 0. The van der Waals surface area contributed by atoms with Gasteiger partial charge in [-0.2, -0.15) is 0 Å². The molecule has 0 aliphatic rings. The fourth-order valence-corrected chi connectivity index (χ4v) is 2.70. The Bertz CT molecular complexity index is 530. The van der Waals surface area contributed by atoms with Crippen LogP contribution in [-0.4, -0.2) is 25.0 Å². The third-order valence-corrected chi connectivity index (χ3v) is 3.52. The molecule has 1 aromatic carbocycles. The second kappa shape index (κ2) is 5.76. The Morgan fingerprint density at radius 3 is 2.74 bits per heavy atom. The zero-order chi connectivity index (χ0) is 13.9. The fourth-order valence-electron chi connectivity index (χ4n) is 2.70. The highest BCUT2D eigenvalue weighted by Crippen LogP contribution is 2.24. The van der Waals surface area contributed by atoms with E-state index in [2.05, 4.69) is 37.9 Å². The average molecular weight is 260 g/mol. The van der Waals surface area contributed by atoms with Crippen LogP contribution in [-0.2, 0) is 6.54 Å². The van der Waals surface area contributed by atoms with Crippen molar-refractivity contribution in [1.29, 1.82) is 0 Å². The van der Waals surface area contributed by atoms with Crippen molar-refractivity contribution in [3.63, 3.8) is 0 Å². The quantitative estimate of drug-likeness (QED) is 0.867. The summed E-state index contributed by atoms with van der Waals surface area (Å²) in [6.07, 6.45) is 2.92. The van der Waals surface area contributed by atoms with E-state index < -0.39 is 0 Å². The van der Waals surface area contributed by atoms with E-state index in [1.807, 2.05) is 18.4 Å². The number of fused-ring (bicyclic) bond motifs is 1. The smallest absolute Gasteiger partial charge is 0.134 e. The number of hydrogen-bond acceptors (Lipinski definition) is 3. The Hall–Kier alpha value is -1.32. The van der Waals surface area contributed by atoms with Gasteiger partial charge in [0.25, 0.3) is 0 Å². The second-order valence-electron chi connectivity index (χ2n) is 6.13. The summed E-state index contributed by atoms with van der Waals surface area (Å²) in [5, 5.41) is 1.21. The van der Waals surface area contributed by atoms with Gasteiger partial charge in [-0.1, -0.05) is 32.0 Å². The summed E-state index contributed by atoms with van der Waals surface area (Å²) in [5.41, 5.74) is 8.14. The van der Waals surface area contributed by atoms with Gasteiger partial charge in [0.05, 0.1) is 6.26 Å². The minimum atomic E-state index is 0.253. The molecular formula is C16H24N2O. The van der Waals surface area contributed by atoms with E-state index in [1.165, 1.54) is 10.9 Å². The summed E-state index contributed by atoms with van der Waals surface area (Å²) in [6.45, 7) is 7.22. The highest BCUT2D eigenvalue weighted by atomic mass is 16.3. The largest absolute Gasteiger partial charge is 0.464 e. The maximum absolute atomic E-state index is 5.67. The lowest BCUT2D eigenvalue weighted by Gasteiger charge is -2.29. The number of hydrogen-bond donors (Lipinski definition) is 1. The van der Waals surface area contributed by atoms with E-state index in [1.54, 1.807) is 0 Å². The predicted octanol–water partition coefficient (Wildman–Crippen LogP) is 3.24. The molecule has 0 unspecified atom stereocenters. The lowest BCUT2D eigenvalue weighted by atomic mass is 9.89. The molecule has 0 aliphatic heterocycles. The lowest BCUT2D eigenvalue weighted by molar-refractivity contribution is 0.195. The Morgan fingerprint density at radius 2 is 2.00 bits per heavy atom. The normalized spacial score (nSPS) is 12.5. The van der Waals surface area contributed by atoms with Crippen molar-refractivity contribution >= 4 is 11.0 Å². The van der Waals surface area contributed by atoms with Crippen LogP contribution in [0.4, 0.5) is 0 Å². The highest BCUT2D eigenvalue weighted by Gasteiger charge is 2.19. The summed E-state index contributed by atoms with van der Waals surface area (Å²) in [5.74, 6) is 0. The second-order valence-corrected chi connectivity index (χ2v) is 6.13. The highest BCUT2D eigenvalue weighted by molar-refractivity contribution is 5.80. The number of benzene rings is 1. The van der Waals surface area contributed by atoms with Crippen LogP contribution in [0, 0.1) is 5.41 Å². The average Bonchev–Trinajstić information content (AvgIpc) is 2.72. The molecule has 2 N–H and O–H groups in total. The van der Waals surface area contributed by atoms with Crippen molar-refractivity contribution in [3.8, 4) is 0 Å². The zero-order valence-corrected chi connectivity index (χ0v) is 12.1. The van der Waals surface area contributed by atoms with Gasteiger partial charge < -0.3 is 15.1 Å². The molecule has 104 valence electrons. The molecule has 0 aliphatic carbocycles. The van der Waals surface area contributed by atoms with Gasteiger partial charge in [-0.25, -0.2) is 0 Å². The van der Waals surface area contributed by atoms with Crippen molar-refractivity contribution in [2.24, 2.45) is 11.1 Å². The van der Waals surface area contributed by atoms with Crippen molar-refractivity contribution < 1.29 is 4.42 Å². The molecule has 0 saturated carbocycles. The third-order valence-electron chi connectivity index (χ3n) is 3.52. The number of furan rings is 1. The summed E-state index contributed by atoms with van der Waals surface area (Å²) < 4.78 is 5.58. The Morgan fingerprint density at radius 1 is 1.26 bits per heavy atom. The van der Waals surface area contributed by atoms with Crippen LogP contribution in [0.2, 0.25) is 0 Å². The van der Waals surface area contributed by atoms with Crippen molar-refractivity contribution in [2.45, 2.75) is 26.8 Å². The monoisotopic (exact) mass is 260 g/mol. The first-order chi connectivity index (χ1) is 9.02. The van der Waals surface area contributed by atoms with Crippen LogP contribution in [0.15, 0.2) is 34.9 Å². The van der Waals surface area contributed by atoms with Gasteiger partial charge >= 0.3 is 0 Å². The van der Waals surface area contributed by atoms with Gasteiger partial charge in [-0.3, -0.25) is 0 Å². The number of rotatable bonds is 6. The Kier molecular flexibility index (Phi) is 4.27. The van der Waals surface area contributed by atoms with Crippen LogP contribution in [0.25, 0.3) is 11.0 Å². The molecule has 0 atom stereocenters. The first-order valence-electron chi connectivity index (χ1n) is 6.85. The maximum Gasteiger partial charge on any atom is 0.134 e. The molecule has 0 fully saturated rings. The molecule has 1 aromatic heterocycles. The first kappa shape index (κ1) is 14.1. The van der Waals surface area contributed by atoms with Gasteiger partial charge in [0.15, 0.2) is 0 Å². The third kappa shape index (κ3) is 3.58. The molecular weight excluding hydrogens is 236 g/mol. The van der Waals surface area contributed by atoms with Gasteiger partial charge in [0.1, 0.15) is 5.58 Å². The Labute approximate surface area is 115 Å². The van der Waals surface area contributed by atoms with E-state index in [0.29, 0.717) is 0 Å². The van der Waals surface area contributed by atoms with Gasteiger partial charge in [0, 0.05) is 24.0 Å². The molecule has 2 rings (SSSR count). The minimum absolute atomic E-state index is 0.253. The van der Waals surface area contributed by atoms with Crippen LogP contribution < -0.4 is 5.73 Å². The van der Waals surface area contributed by atoms with Crippen LogP contribution in [0.1, 0.15) is 25.8 Å². The maximum atomic E-state index is 5.67. The molecule has 19 heavy (non-hydrogen) atoms. The molecule has 3 heteroatoms. The lowest BCUT2D eigenvalue weighted by Crippen LogP contribution is -2.32. The SMILES string of the molecule is CN(Cc1coc2ccccc12)CC(C)(C)CCN. The molecule has 2 aromatic rings. The van der Waals surface area contributed by atoms with Crippen molar-refractivity contribution in [3.05, 3.63) is 36.1 Å². The predicted molar refractivity (Wildman–Crippen MR) is 80.0 cm³/mol.